The van der Waals surface area contributed by atoms with Crippen molar-refractivity contribution < 1.29 is 28.5 Å². The number of hydrogen-bond donors (Lipinski definition) is 0. The summed E-state index contributed by atoms with van der Waals surface area (Å²) in [5.74, 6) is 0. The van der Waals surface area contributed by atoms with Gasteiger partial charge in [0.15, 0.2) is 0 Å². The summed E-state index contributed by atoms with van der Waals surface area (Å²) in [5.41, 5.74) is 0. The third-order valence-electron chi connectivity index (χ3n) is 5.44. The van der Waals surface area contributed by atoms with Crippen molar-refractivity contribution in [3.05, 3.63) is 0 Å². The molecule has 0 radical (unpaired) electrons. The highest BCUT2D eigenvalue weighted by Crippen LogP contribution is 2.18. The van der Waals surface area contributed by atoms with Crippen LogP contribution in [0.4, 0.5) is 0 Å². The van der Waals surface area contributed by atoms with Crippen LogP contribution in [0.3, 0.4) is 0 Å². The van der Waals surface area contributed by atoms with Crippen molar-refractivity contribution in [2.24, 2.45) is 0 Å². The molecule has 0 saturated carbocycles. The Morgan fingerprint density at radius 3 is 1.12 bits per heavy atom. The Morgan fingerprint density at radius 1 is 0.375 bits per heavy atom. The minimum atomic E-state index is 0. The Labute approximate surface area is 172 Å². The maximum Gasteiger partial charge on any atom is 0.0786 e. The first kappa shape index (κ1) is 26.9. The largest absolute Gasteiger partial charge is 1.00 e. The second kappa shape index (κ2) is 20.0. The van der Waals surface area contributed by atoms with E-state index in [9.17, 15) is 0 Å². The van der Waals surface area contributed by atoms with Crippen LogP contribution in [0.2, 0.25) is 0 Å². The first-order chi connectivity index (χ1) is 11.2. The number of quaternary nitrogens is 1. The van der Waals surface area contributed by atoms with Crippen LogP contribution in [0.1, 0.15) is 118 Å². The second-order valence-electron chi connectivity index (χ2n) is 7.77. The molecular formula is C22H48IN. The number of hydrogen-bond acceptors (Lipinski definition) is 0. The van der Waals surface area contributed by atoms with Gasteiger partial charge in [0.25, 0.3) is 0 Å². The van der Waals surface area contributed by atoms with E-state index in [1.54, 1.807) is 0 Å². The average molecular weight is 454 g/mol. The molecule has 0 aromatic rings. The van der Waals surface area contributed by atoms with Gasteiger partial charge in [0.05, 0.1) is 26.2 Å². The van der Waals surface area contributed by atoms with E-state index in [0.717, 1.165) is 0 Å². The molecule has 1 unspecified atom stereocenters. The highest BCUT2D eigenvalue weighted by Gasteiger charge is 2.25. The molecule has 0 fully saturated rings. The summed E-state index contributed by atoms with van der Waals surface area (Å²) < 4.78 is 1.45. The molecule has 0 aliphatic rings. The molecule has 0 aromatic carbocycles. The molecule has 1 atom stereocenters. The van der Waals surface area contributed by atoms with E-state index in [-0.39, 0.29) is 24.0 Å². The highest BCUT2D eigenvalue weighted by molar-refractivity contribution is 4.52. The fourth-order valence-electron chi connectivity index (χ4n) is 3.79. The smallest absolute Gasteiger partial charge is 0.0786 e. The van der Waals surface area contributed by atoms with Gasteiger partial charge in [-0.2, -0.15) is 0 Å². The maximum absolute atomic E-state index is 2.36. The number of unbranched alkanes of at least 4 members (excludes halogenated alkanes) is 10. The lowest BCUT2D eigenvalue weighted by Gasteiger charge is -2.39. The van der Waals surface area contributed by atoms with Crippen molar-refractivity contribution in [2.45, 2.75) is 118 Å². The predicted octanol–water partition coefficient (Wildman–Crippen LogP) is 4.35. The zero-order valence-corrected chi connectivity index (χ0v) is 19.7. The molecule has 0 aliphatic heterocycles. The van der Waals surface area contributed by atoms with Gasteiger partial charge in [-0.05, 0) is 44.9 Å². The van der Waals surface area contributed by atoms with Crippen LogP contribution in [0.5, 0.6) is 0 Å². The van der Waals surface area contributed by atoms with Crippen LogP contribution >= 0.6 is 0 Å². The second-order valence-corrected chi connectivity index (χ2v) is 7.77. The van der Waals surface area contributed by atoms with E-state index in [2.05, 4.69) is 27.7 Å². The summed E-state index contributed by atoms with van der Waals surface area (Å²) in [6.45, 7) is 15.2. The number of halogens is 1. The third kappa shape index (κ3) is 15.0. The van der Waals surface area contributed by atoms with Gasteiger partial charge < -0.3 is 28.5 Å². The molecule has 0 aromatic heterocycles. The Hall–Kier alpha value is 0.690. The number of rotatable bonds is 18. The van der Waals surface area contributed by atoms with Gasteiger partial charge in [0.1, 0.15) is 0 Å². The van der Waals surface area contributed by atoms with Crippen LogP contribution in [0, 0.1) is 0 Å². The van der Waals surface area contributed by atoms with Crippen molar-refractivity contribution in [1.82, 2.24) is 0 Å². The molecule has 0 saturated heterocycles. The highest BCUT2D eigenvalue weighted by atomic mass is 127. The Morgan fingerprint density at radius 2 is 0.667 bits per heavy atom. The summed E-state index contributed by atoms with van der Waals surface area (Å²) in [6, 6.07) is 0. The first-order valence-electron chi connectivity index (χ1n) is 11.1. The topological polar surface area (TPSA) is 0 Å². The Bertz CT molecular complexity index is 232. The molecule has 0 heterocycles. The van der Waals surface area contributed by atoms with Crippen molar-refractivity contribution in [2.75, 3.05) is 26.2 Å². The lowest BCUT2D eigenvalue weighted by molar-refractivity contribution is -0.929. The van der Waals surface area contributed by atoms with Gasteiger partial charge in [-0.15, -0.1) is 0 Å². The minimum absolute atomic E-state index is 0. The molecule has 2 heteroatoms. The van der Waals surface area contributed by atoms with Crippen LogP contribution < -0.4 is 24.0 Å². The molecule has 0 amide bonds. The summed E-state index contributed by atoms with van der Waals surface area (Å²) in [7, 11) is 0. The van der Waals surface area contributed by atoms with Gasteiger partial charge in [-0.3, -0.25) is 0 Å². The molecule has 0 N–H and O–H groups in total. The summed E-state index contributed by atoms with van der Waals surface area (Å²) in [4.78, 5) is 0. The summed E-state index contributed by atoms with van der Waals surface area (Å²) >= 11 is 0. The predicted molar refractivity (Wildman–Crippen MR) is 107 cm³/mol. The van der Waals surface area contributed by atoms with Gasteiger partial charge in [0, 0.05) is 0 Å². The Kier molecular flexibility index (Phi) is 22.4. The molecule has 0 bridgehead atoms. The SMILES string of the molecule is CCCCCCC[N+](CCCC)(CCCCC)CCCCCC.[I-]. The lowest BCUT2D eigenvalue weighted by Crippen LogP contribution is -3.00. The standard InChI is InChI=1S/C22H48N.HI/c1-5-9-13-15-18-22-23(19-12-8-4,20-16-11-7-3)21-17-14-10-6-2;/h5-22H2,1-4H3;1H/q+1;/p-1. The monoisotopic (exact) mass is 453 g/mol. The van der Waals surface area contributed by atoms with Crippen molar-refractivity contribution in [3.8, 4) is 0 Å². The van der Waals surface area contributed by atoms with Crippen LogP contribution in [-0.4, -0.2) is 30.7 Å². The van der Waals surface area contributed by atoms with Gasteiger partial charge in [-0.1, -0.05) is 72.6 Å². The average Bonchev–Trinajstić information content (AvgIpc) is 2.57. The van der Waals surface area contributed by atoms with E-state index in [4.69, 9.17) is 0 Å². The van der Waals surface area contributed by atoms with Crippen molar-refractivity contribution in [3.63, 3.8) is 0 Å². The molecule has 24 heavy (non-hydrogen) atoms. The van der Waals surface area contributed by atoms with Gasteiger partial charge >= 0.3 is 0 Å². The van der Waals surface area contributed by atoms with Crippen molar-refractivity contribution >= 4 is 0 Å². The fraction of sp³-hybridized carbons (Fsp3) is 1.00. The van der Waals surface area contributed by atoms with Gasteiger partial charge in [-0.25, -0.2) is 0 Å². The Balaban J connectivity index is 0. The van der Waals surface area contributed by atoms with E-state index >= 15 is 0 Å². The fourth-order valence-corrected chi connectivity index (χ4v) is 3.79. The van der Waals surface area contributed by atoms with Gasteiger partial charge in [0.2, 0.25) is 0 Å². The van der Waals surface area contributed by atoms with E-state index < -0.39 is 0 Å². The molecule has 0 spiro atoms. The van der Waals surface area contributed by atoms with Crippen LogP contribution in [0.25, 0.3) is 0 Å². The summed E-state index contributed by atoms with van der Waals surface area (Å²) in [6.07, 6.45) is 19.9. The minimum Gasteiger partial charge on any atom is -1.00 e. The number of nitrogens with zero attached hydrogens (tertiary/aromatic N) is 1. The first-order valence-corrected chi connectivity index (χ1v) is 11.1. The third-order valence-corrected chi connectivity index (χ3v) is 5.44. The van der Waals surface area contributed by atoms with Crippen LogP contribution in [-0.2, 0) is 0 Å². The van der Waals surface area contributed by atoms with Crippen molar-refractivity contribution in [1.29, 1.82) is 0 Å². The van der Waals surface area contributed by atoms with E-state index in [1.165, 1.54) is 121 Å². The zero-order chi connectivity index (χ0) is 17.2. The molecule has 0 rings (SSSR count). The maximum atomic E-state index is 2.36. The van der Waals surface area contributed by atoms with Crippen LogP contribution in [0.15, 0.2) is 0 Å². The lowest BCUT2D eigenvalue weighted by atomic mass is 10.1. The molecule has 0 aliphatic carbocycles. The molecule has 148 valence electrons. The molecule has 1 nitrogen and oxygen atoms in total. The normalized spacial score (nSPS) is 13.5. The van der Waals surface area contributed by atoms with E-state index in [1.807, 2.05) is 0 Å². The molecular weight excluding hydrogens is 405 g/mol. The summed E-state index contributed by atoms with van der Waals surface area (Å²) in [5, 5.41) is 0. The quantitative estimate of drug-likeness (QED) is 0.165. The van der Waals surface area contributed by atoms with E-state index in [0.29, 0.717) is 0 Å². The zero-order valence-electron chi connectivity index (χ0n) is 17.6.